The van der Waals surface area contributed by atoms with Crippen molar-refractivity contribution in [1.82, 2.24) is 10.3 Å². The number of aromatic nitrogens is 1. The van der Waals surface area contributed by atoms with Crippen LogP contribution in [-0.4, -0.2) is 31.2 Å². The quantitative estimate of drug-likeness (QED) is 0.860. The highest BCUT2D eigenvalue weighted by Gasteiger charge is 2.39. The van der Waals surface area contributed by atoms with Crippen LogP contribution in [0.2, 0.25) is 0 Å². The van der Waals surface area contributed by atoms with Crippen LogP contribution in [0, 0.1) is 5.41 Å². The molecule has 2 saturated heterocycles. The molecule has 2 fully saturated rings. The maximum atomic E-state index is 12.7. The number of hydrogen-bond donors (Lipinski definition) is 1. The standard InChI is InChI=1S/C14H18F3N3/c15-14(16,17)11-7-12(9-19-8-11)20-6-3-13(10-20)1-4-18-5-2-13/h7-9,18H,1-6,10H2. The summed E-state index contributed by atoms with van der Waals surface area (Å²) in [5, 5.41) is 3.34. The molecule has 0 saturated carbocycles. The van der Waals surface area contributed by atoms with Gasteiger partial charge in [-0.25, -0.2) is 0 Å². The van der Waals surface area contributed by atoms with Crippen LogP contribution in [0.1, 0.15) is 24.8 Å². The van der Waals surface area contributed by atoms with Crippen LogP contribution in [0.5, 0.6) is 0 Å². The van der Waals surface area contributed by atoms with Crippen molar-refractivity contribution in [3.05, 3.63) is 24.0 Å². The molecule has 6 heteroatoms. The monoisotopic (exact) mass is 285 g/mol. The third-order valence-corrected chi connectivity index (χ3v) is 4.52. The van der Waals surface area contributed by atoms with Crippen LogP contribution in [0.15, 0.2) is 18.5 Å². The Kier molecular flexibility index (Phi) is 3.36. The second kappa shape index (κ2) is 4.91. The Morgan fingerprint density at radius 1 is 1.15 bits per heavy atom. The van der Waals surface area contributed by atoms with Gasteiger partial charge in [-0.2, -0.15) is 13.2 Å². The molecule has 0 aromatic carbocycles. The first kappa shape index (κ1) is 13.7. The van der Waals surface area contributed by atoms with E-state index in [-0.39, 0.29) is 5.41 Å². The van der Waals surface area contributed by atoms with Gasteiger partial charge in [0.05, 0.1) is 17.4 Å². The molecule has 0 unspecified atom stereocenters. The van der Waals surface area contributed by atoms with E-state index in [0.29, 0.717) is 5.69 Å². The molecule has 3 rings (SSSR count). The zero-order valence-electron chi connectivity index (χ0n) is 11.2. The fourth-order valence-electron chi connectivity index (χ4n) is 3.28. The van der Waals surface area contributed by atoms with E-state index >= 15 is 0 Å². The van der Waals surface area contributed by atoms with Crippen molar-refractivity contribution in [3.8, 4) is 0 Å². The molecule has 0 aliphatic carbocycles. The van der Waals surface area contributed by atoms with E-state index in [0.717, 1.165) is 51.6 Å². The number of hydrogen-bond acceptors (Lipinski definition) is 3. The van der Waals surface area contributed by atoms with E-state index in [1.807, 2.05) is 4.90 Å². The molecule has 3 heterocycles. The lowest BCUT2D eigenvalue weighted by atomic mass is 9.78. The maximum absolute atomic E-state index is 12.7. The van der Waals surface area contributed by atoms with Crippen molar-refractivity contribution in [2.75, 3.05) is 31.1 Å². The van der Waals surface area contributed by atoms with Crippen molar-refractivity contribution in [2.24, 2.45) is 5.41 Å². The predicted octanol–water partition coefficient (Wildman–Crippen LogP) is 2.68. The van der Waals surface area contributed by atoms with Gasteiger partial charge in [-0.3, -0.25) is 4.98 Å². The second-order valence-electron chi connectivity index (χ2n) is 5.85. The van der Waals surface area contributed by atoms with Crippen LogP contribution < -0.4 is 10.2 Å². The number of anilines is 1. The minimum absolute atomic E-state index is 0.277. The lowest BCUT2D eigenvalue weighted by molar-refractivity contribution is -0.137. The summed E-state index contributed by atoms with van der Waals surface area (Å²) in [5.41, 5.74) is 0.205. The third kappa shape index (κ3) is 2.61. The Balaban J connectivity index is 1.77. The summed E-state index contributed by atoms with van der Waals surface area (Å²) in [4.78, 5) is 5.80. The van der Waals surface area contributed by atoms with Gasteiger partial charge in [0.1, 0.15) is 0 Å². The summed E-state index contributed by atoms with van der Waals surface area (Å²) in [5.74, 6) is 0. The molecule has 20 heavy (non-hydrogen) atoms. The SMILES string of the molecule is FC(F)(F)c1cncc(N2CCC3(CCNCC3)C2)c1. The lowest BCUT2D eigenvalue weighted by Crippen LogP contribution is -2.38. The van der Waals surface area contributed by atoms with Crippen molar-refractivity contribution in [2.45, 2.75) is 25.4 Å². The van der Waals surface area contributed by atoms with E-state index < -0.39 is 11.7 Å². The summed E-state index contributed by atoms with van der Waals surface area (Å²) in [7, 11) is 0. The van der Waals surface area contributed by atoms with E-state index in [1.165, 1.54) is 12.3 Å². The Morgan fingerprint density at radius 3 is 2.60 bits per heavy atom. The average molecular weight is 285 g/mol. The van der Waals surface area contributed by atoms with Crippen molar-refractivity contribution in [1.29, 1.82) is 0 Å². The first-order valence-corrected chi connectivity index (χ1v) is 6.97. The van der Waals surface area contributed by atoms with Gasteiger partial charge < -0.3 is 10.2 Å². The highest BCUT2D eigenvalue weighted by atomic mass is 19.4. The maximum Gasteiger partial charge on any atom is 0.417 e. The number of nitrogens with one attached hydrogen (secondary N) is 1. The minimum atomic E-state index is -4.32. The highest BCUT2D eigenvalue weighted by Crippen LogP contribution is 2.41. The number of piperidine rings is 1. The Morgan fingerprint density at radius 2 is 1.90 bits per heavy atom. The second-order valence-corrected chi connectivity index (χ2v) is 5.85. The van der Waals surface area contributed by atoms with Crippen molar-refractivity contribution in [3.63, 3.8) is 0 Å². The summed E-state index contributed by atoms with van der Waals surface area (Å²) < 4.78 is 38.2. The van der Waals surface area contributed by atoms with Crippen LogP contribution in [0.4, 0.5) is 18.9 Å². The van der Waals surface area contributed by atoms with E-state index in [9.17, 15) is 13.2 Å². The molecular formula is C14H18F3N3. The molecule has 3 nitrogen and oxygen atoms in total. The molecular weight excluding hydrogens is 267 g/mol. The lowest BCUT2D eigenvalue weighted by Gasteiger charge is -2.34. The summed E-state index contributed by atoms with van der Waals surface area (Å²) in [6.45, 7) is 3.68. The smallest absolute Gasteiger partial charge is 0.370 e. The normalized spacial score (nSPS) is 22.4. The van der Waals surface area contributed by atoms with Gasteiger partial charge in [0.25, 0.3) is 0 Å². The van der Waals surface area contributed by atoms with E-state index in [1.54, 1.807) is 0 Å². The van der Waals surface area contributed by atoms with Crippen LogP contribution in [0.25, 0.3) is 0 Å². The molecule has 0 bridgehead atoms. The topological polar surface area (TPSA) is 28.2 Å². The van der Waals surface area contributed by atoms with Crippen LogP contribution >= 0.6 is 0 Å². The third-order valence-electron chi connectivity index (χ3n) is 4.52. The molecule has 2 aliphatic rings. The molecule has 110 valence electrons. The molecule has 1 spiro atoms. The zero-order chi connectivity index (χ0) is 14.2. The largest absolute Gasteiger partial charge is 0.417 e. The van der Waals surface area contributed by atoms with Gasteiger partial charge in [-0.1, -0.05) is 0 Å². The molecule has 0 atom stereocenters. The molecule has 0 radical (unpaired) electrons. The summed E-state index contributed by atoms with van der Waals surface area (Å²) in [6.07, 6.45) is 1.38. The average Bonchev–Trinajstić information content (AvgIpc) is 2.83. The van der Waals surface area contributed by atoms with Gasteiger partial charge in [-0.15, -0.1) is 0 Å². The first-order chi connectivity index (χ1) is 9.49. The molecule has 1 aromatic heterocycles. The Bertz CT molecular complexity index is 481. The Hall–Kier alpha value is -1.30. The summed E-state index contributed by atoms with van der Waals surface area (Å²) >= 11 is 0. The van der Waals surface area contributed by atoms with Crippen LogP contribution in [-0.2, 0) is 6.18 Å². The van der Waals surface area contributed by atoms with E-state index in [2.05, 4.69) is 10.3 Å². The number of nitrogens with zero attached hydrogens (tertiary/aromatic N) is 2. The first-order valence-electron chi connectivity index (χ1n) is 6.97. The highest BCUT2D eigenvalue weighted by molar-refractivity contribution is 5.48. The molecule has 2 aliphatic heterocycles. The Labute approximate surface area is 116 Å². The van der Waals surface area contributed by atoms with E-state index in [4.69, 9.17) is 0 Å². The van der Waals surface area contributed by atoms with Gasteiger partial charge in [0, 0.05) is 19.3 Å². The minimum Gasteiger partial charge on any atom is -0.370 e. The van der Waals surface area contributed by atoms with Gasteiger partial charge >= 0.3 is 6.18 Å². The fraction of sp³-hybridized carbons (Fsp3) is 0.643. The predicted molar refractivity (Wildman–Crippen MR) is 70.6 cm³/mol. The zero-order valence-corrected chi connectivity index (χ0v) is 11.2. The fourth-order valence-corrected chi connectivity index (χ4v) is 3.28. The molecule has 1 aromatic rings. The number of pyridine rings is 1. The van der Waals surface area contributed by atoms with Crippen molar-refractivity contribution >= 4 is 5.69 Å². The molecule has 0 amide bonds. The van der Waals surface area contributed by atoms with Crippen LogP contribution in [0.3, 0.4) is 0 Å². The number of halogens is 3. The summed E-state index contributed by atoms with van der Waals surface area (Å²) in [6, 6.07) is 1.22. The van der Waals surface area contributed by atoms with Crippen molar-refractivity contribution < 1.29 is 13.2 Å². The molecule has 1 N–H and O–H groups in total. The van der Waals surface area contributed by atoms with Gasteiger partial charge in [-0.05, 0) is 43.8 Å². The van der Waals surface area contributed by atoms with Gasteiger partial charge in [0.2, 0.25) is 0 Å². The van der Waals surface area contributed by atoms with Gasteiger partial charge in [0.15, 0.2) is 0 Å². The number of rotatable bonds is 1. The number of alkyl halides is 3.